The SMILES string of the molecule is CCC(C)C(NC(=O)C(N)Cc1ccc(O)cc1)C(=O)NC(CC(N)=O)C(=O)NCC(=O)O. The molecule has 4 atom stereocenters. The second-order valence-electron chi connectivity index (χ2n) is 7.69. The van der Waals surface area contributed by atoms with E-state index in [1.165, 1.54) is 12.1 Å². The predicted octanol–water partition coefficient (Wildman–Crippen LogP) is -1.65. The lowest BCUT2D eigenvalue weighted by Crippen LogP contribution is -2.58. The first kappa shape index (κ1) is 27.4. The molecule has 33 heavy (non-hydrogen) atoms. The van der Waals surface area contributed by atoms with E-state index >= 15 is 0 Å². The molecule has 0 aromatic heterocycles. The molecule has 0 saturated heterocycles. The van der Waals surface area contributed by atoms with Gasteiger partial charge in [0, 0.05) is 0 Å². The van der Waals surface area contributed by atoms with Gasteiger partial charge in [0.2, 0.25) is 23.6 Å². The molecule has 12 heteroatoms. The molecular formula is C21H31N5O7. The number of carboxylic acids is 1. The van der Waals surface area contributed by atoms with Crippen LogP contribution in [0.4, 0.5) is 0 Å². The lowest BCUT2D eigenvalue weighted by Gasteiger charge is -2.27. The standard InChI is InChI=1S/C21H31N5O7/c1-3-11(2)18(26-19(31)14(22)8-12-4-6-13(27)7-5-12)21(33)25-15(9-16(23)28)20(32)24-10-17(29)30/h4-7,11,14-15,18,27H,3,8-10,22H2,1-2H3,(H2,23,28)(H,24,32)(H,25,33)(H,26,31)(H,29,30). The van der Waals surface area contributed by atoms with E-state index in [-0.39, 0.29) is 18.1 Å². The Balaban J connectivity index is 2.90. The molecule has 0 bridgehead atoms. The van der Waals surface area contributed by atoms with Crippen molar-refractivity contribution in [1.82, 2.24) is 16.0 Å². The zero-order valence-electron chi connectivity index (χ0n) is 18.5. The van der Waals surface area contributed by atoms with Crippen LogP contribution in [0.2, 0.25) is 0 Å². The number of aliphatic carboxylic acids is 1. The van der Waals surface area contributed by atoms with Gasteiger partial charge in [0.1, 0.15) is 24.4 Å². The van der Waals surface area contributed by atoms with Crippen LogP contribution in [0.1, 0.15) is 32.3 Å². The molecule has 0 saturated carbocycles. The van der Waals surface area contributed by atoms with Gasteiger partial charge < -0.3 is 37.6 Å². The third-order valence-electron chi connectivity index (χ3n) is 4.97. The van der Waals surface area contributed by atoms with Crippen molar-refractivity contribution in [3.63, 3.8) is 0 Å². The average Bonchev–Trinajstić information content (AvgIpc) is 2.75. The van der Waals surface area contributed by atoms with E-state index in [4.69, 9.17) is 16.6 Å². The highest BCUT2D eigenvalue weighted by atomic mass is 16.4. The van der Waals surface area contributed by atoms with Crippen LogP contribution in [0.15, 0.2) is 24.3 Å². The molecule has 0 aliphatic heterocycles. The molecule has 0 fully saturated rings. The summed E-state index contributed by atoms with van der Waals surface area (Å²) in [6.07, 6.45) is 0.0961. The van der Waals surface area contributed by atoms with Gasteiger partial charge in [-0.3, -0.25) is 24.0 Å². The normalized spacial score (nSPS) is 14.3. The summed E-state index contributed by atoms with van der Waals surface area (Å²) in [5, 5.41) is 25.1. The number of hydrogen-bond donors (Lipinski definition) is 7. The van der Waals surface area contributed by atoms with Crippen molar-refractivity contribution in [3.05, 3.63) is 29.8 Å². The van der Waals surface area contributed by atoms with Crippen LogP contribution < -0.4 is 27.4 Å². The zero-order chi connectivity index (χ0) is 25.1. The van der Waals surface area contributed by atoms with Crippen LogP contribution in [-0.4, -0.2) is 64.5 Å². The Morgan fingerprint density at radius 1 is 1.00 bits per heavy atom. The second-order valence-corrected chi connectivity index (χ2v) is 7.69. The molecule has 1 aromatic rings. The predicted molar refractivity (Wildman–Crippen MR) is 118 cm³/mol. The maximum absolute atomic E-state index is 12.9. The van der Waals surface area contributed by atoms with Crippen LogP contribution in [0, 0.1) is 5.92 Å². The number of phenols is 1. The minimum absolute atomic E-state index is 0.0724. The number of phenolic OH excluding ortho intramolecular Hbond substituents is 1. The minimum atomic E-state index is -1.41. The molecule has 182 valence electrons. The number of rotatable bonds is 13. The number of aromatic hydroxyl groups is 1. The van der Waals surface area contributed by atoms with E-state index in [9.17, 15) is 29.1 Å². The highest BCUT2D eigenvalue weighted by Gasteiger charge is 2.31. The Morgan fingerprint density at radius 3 is 2.12 bits per heavy atom. The van der Waals surface area contributed by atoms with Crippen LogP contribution in [0.25, 0.3) is 0 Å². The first-order valence-corrected chi connectivity index (χ1v) is 10.4. The van der Waals surface area contributed by atoms with Crippen molar-refractivity contribution in [2.75, 3.05) is 6.54 Å². The molecule has 12 nitrogen and oxygen atoms in total. The quantitative estimate of drug-likeness (QED) is 0.179. The number of benzene rings is 1. The molecule has 9 N–H and O–H groups in total. The summed E-state index contributed by atoms with van der Waals surface area (Å²) in [5.74, 6) is -4.72. The molecule has 1 rings (SSSR count). The van der Waals surface area contributed by atoms with E-state index in [1.807, 2.05) is 0 Å². The zero-order valence-corrected chi connectivity index (χ0v) is 18.5. The van der Waals surface area contributed by atoms with E-state index < -0.39 is 60.7 Å². The van der Waals surface area contributed by atoms with Gasteiger partial charge in [0.05, 0.1) is 12.5 Å². The molecule has 0 aliphatic rings. The number of hydrogen-bond acceptors (Lipinski definition) is 7. The average molecular weight is 466 g/mol. The molecule has 1 aromatic carbocycles. The van der Waals surface area contributed by atoms with Gasteiger partial charge in [-0.05, 0) is 30.0 Å². The summed E-state index contributed by atoms with van der Waals surface area (Å²) in [6, 6.07) is 2.68. The van der Waals surface area contributed by atoms with Crippen LogP contribution >= 0.6 is 0 Å². The van der Waals surface area contributed by atoms with Crippen molar-refractivity contribution in [1.29, 1.82) is 0 Å². The van der Waals surface area contributed by atoms with E-state index in [1.54, 1.807) is 26.0 Å². The van der Waals surface area contributed by atoms with Crippen molar-refractivity contribution < 1.29 is 34.2 Å². The second kappa shape index (κ2) is 13.0. The monoisotopic (exact) mass is 465 g/mol. The van der Waals surface area contributed by atoms with Crippen LogP contribution in [0.5, 0.6) is 5.75 Å². The van der Waals surface area contributed by atoms with Gasteiger partial charge >= 0.3 is 5.97 Å². The molecule has 0 radical (unpaired) electrons. The summed E-state index contributed by atoms with van der Waals surface area (Å²) in [4.78, 5) is 59.7. The number of primary amides is 1. The Morgan fingerprint density at radius 2 is 1.61 bits per heavy atom. The van der Waals surface area contributed by atoms with Crippen molar-refractivity contribution >= 4 is 29.6 Å². The highest BCUT2D eigenvalue weighted by molar-refractivity contribution is 5.95. The number of carboxylic acid groups (broad SMARTS) is 1. The number of nitrogens with two attached hydrogens (primary N) is 2. The third kappa shape index (κ3) is 9.56. The van der Waals surface area contributed by atoms with E-state index in [2.05, 4.69) is 16.0 Å². The Bertz CT molecular complexity index is 859. The van der Waals surface area contributed by atoms with Gasteiger partial charge in [-0.2, -0.15) is 0 Å². The van der Waals surface area contributed by atoms with Gasteiger partial charge in [0.15, 0.2) is 0 Å². The summed E-state index contributed by atoms with van der Waals surface area (Å²) in [6.45, 7) is 2.80. The molecule has 4 amide bonds. The fourth-order valence-corrected chi connectivity index (χ4v) is 2.90. The summed E-state index contributed by atoms with van der Waals surface area (Å²) in [5.41, 5.74) is 11.8. The van der Waals surface area contributed by atoms with Gasteiger partial charge in [-0.15, -0.1) is 0 Å². The Labute approximate surface area is 191 Å². The maximum Gasteiger partial charge on any atom is 0.322 e. The Hall–Kier alpha value is -3.67. The Kier molecular flexibility index (Phi) is 10.8. The topological polar surface area (TPSA) is 214 Å². The number of carbonyl (C=O) groups is 5. The van der Waals surface area contributed by atoms with Gasteiger partial charge in [-0.25, -0.2) is 0 Å². The number of nitrogens with one attached hydrogen (secondary N) is 3. The number of amides is 4. The summed E-state index contributed by atoms with van der Waals surface area (Å²) < 4.78 is 0. The van der Waals surface area contributed by atoms with E-state index in [0.717, 1.165) is 0 Å². The minimum Gasteiger partial charge on any atom is -0.508 e. The third-order valence-corrected chi connectivity index (χ3v) is 4.97. The van der Waals surface area contributed by atoms with E-state index in [0.29, 0.717) is 12.0 Å². The highest BCUT2D eigenvalue weighted by Crippen LogP contribution is 2.12. The van der Waals surface area contributed by atoms with Crippen LogP contribution in [-0.2, 0) is 30.4 Å². The molecule has 0 aliphatic carbocycles. The molecule has 0 heterocycles. The first-order valence-electron chi connectivity index (χ1n) is 10.4. The molecule has 0 spiro atoms. The summed E-state index contributed by atoms with van der Waals surface area (Å²) in [7, 11) is 0. The maximum atomic E-state index is 12.9. The number of carbonyl (C=O) groups excluding carboxylic acids is 4. The first-order chi connectivity index (χ1) is 15.4. The lowest BCUT2D eigenvalue weighted by atomic mass is 9.96. The molecule has 4 unspecified atom stereocenters. The van der Waals surface area contributed by atoms with Crippen molar-refractivity contribution in [3.8, 4) is 5.75 Å². The largest absolute Gasteiger partial charge is 0.508 e. The lowest BCUT2D eigenvalue weighted by molar-refractivity contribution is -0.139. The fraction of sp³-hybridized carbons (Fsp3) is 0.476. The van der Waals surface area contributed by atoms with Crippen molar-refractivity contribution in [2.45, 2.75) is 51.2 Å². The smallest absolute Gasteiger partial charge is 0.322 e. The van der Waals surface area contributed by atoms with Crippen LogP contribution in [0.3, 0.4) is 0 Å². The van der Waals surface area contributed by atoms with Gasteiger partial charge in [-0.1, -0.05) is 32.4 Å². The molecular weight excluding hydrogens is 434 g/mol. The summed E-state index contributed by atoms with van der Waals surface area (Å²) >= 11 is 0. The van der Waals surface area contributed by atoms with Gasteiger partial charge in [0.25, 0.3) is 0 Å². The fourth-order valence-electron chi connectivity index (χ4n) is 2.90. The van der Waals surface area contributed by atoms with Crippen molar-refractivity contribution in [2.24, 2.45) is 17.4 Å².